The molecule has 114 valence electrons. The molecule has 0 atom stereocenters. The summed E-state index contributed by atoms with van der Waals surface area (Å²) in [4.78, 5) is 14.7. The monoisotopic (exact) mass is 297 g/mol. The van der Waals surface area contributed by atoms with Crippen molar-refractivity contribution in [2.45, 2.75) is 32.6 Å². The lowest BCUT2D eigenvalue weighted by molar-refractivity contribution is 0.0759. The van der Waals surface area contributed by atoms with Crippen LogP contribution >= 0.6 is 0 Å². The molecule has 3 heterocycles. The molecule has 2 aromatic heterocycles. The van der Waals surface area contributed by atoms with Crippen molar-refractivity contribution in [2.24, 2.45) is 0 Å². The van der Waals surface area contributed by atoms with Crippen LogP contribution in [0.2, 0.25) is 0 Å². The molecule has 0 spiro atoms. The van der Waals surface area contributed by atoms with Crippen molar-refractivity contribution in [3.63, 3.8) is 0 Å². The second-order valence-corrected chi connectivity index (χ2v) is 5.62. The van der Waals surface area contributed by atoms with Crippen molar-refractivity contribution >= 4 is 5.91 Å². The molecule has 1 aliphatic heterocycles. The Kier molecular flexibility index (Phi) is 4.01. The molecular weight excluding hydrogens is 278 g/mol. The summed E-state index contributed by atoms with van der Waals surface area (Å²) in [6.07, 6.45) is 7.98. The van der Waals surface area contributed by atoms with Gasteiger partial charge in [-0.25, -0.2) is 0 Å². The van der Waals surface area contributed by atoms with E-state index in [0.717, 1.165) is 38.8 Å². The highest BCUT2D eigenvalue weighted by atomic mass is 16.4. The first-order chi connectivity index (χ1) is 10.7. The number of hydrogen-bond donors (Lipinski definition) is 0. The molecule has 0 radical (unpaired) electrons. The second kappa shape index (κ2) is 6.10. The molecule has 3 rings (SSSR count). The van der Waals surface area contributed by atoms with Crippen molar-refractivity contribution in [1.82, 2.24) is 9.47 Å². The van der Waals surface area contributed by atoms with Gasteiger partial charge in [-0.2, -0.15) is 5.26 Å². The van der Waals surface area contributed by atoms with E-state index in [1.54, 1.807) is 23.9 Å². The number of furan rings is 1. The third-order valence-electron chi connectivity index (χ3n) is 4.12. The molecular formula is C17H19N3O2. The molecule has 0 bridgehead atoms. The van der Waals surface area contributed by atoms with Crippen molar-refractivity contribution in [1.29, 1.82) is 5.26 Å². The summed E-state index contributed by atoms with van der Waals surface area (Å²) in [7, 11) is 0. The Morgan fingerprint density at radius 3 is 2.41 bits per heavy atom. The lowest BCUT2D eigenvalue weighted by Gasteiger charge is -2.19. The number of nitrogens with zero attached hydrogens (tertiary/aromatic N) is 3. The quantitative estimate of drug-likeness (QED) is 0.854. The lowest BCUT2D eigenvalue weighted by Crippen LogP contribution is -2.32. The van der Waals surface area contributed by atoms with E-state index in [2.05, 4.69) is 6.07 Å². The maximum Gasteiger partial charge on any atom is 0.258 e. The first kappa shape index (κ1) is 14.5. The highest BCUT2D eigenvalue weighted by Gasteiger charge is 2.28. The van der Waals surface area contributed by atoms with E-state index in [9.17, 15) is 10.1 Å². The Bertz CT molecular complexity index is 699. The molecule has 1 fully saturated rings. The van der Waals surface area contributed by atoms with Crippen LogP contribution in [-0.2, 0) is 0 Å². The van der Waals surface area contributed by atoms with E-state index in [0.29, 0.717) is 22.8 Å². The number of aromatic nitrogens is 1. The molecule has 1 amide bonds. The first-order valence-corrected chi connectivity index (χ1v) is 7.68. The highest BCUT2D eigenvalue weighted by Crippen LogP contribution is 2.27. The Labute approximate surface area is 129 Å². The smallest absolute Gasteiger partial charge is 0.258 e. The Hall–Kier alpha value is -2.48. The number of rotatable bonds is 2. The minimum Gasteiger partial charge on any atom is -0.443 e. The van der Waals surface area contributed by atoms with Crippen LogP contribution in [0.4, 0.5) is 0 Å². The fourth-order valence-corrected chi connectivity index (χ4v) is 2.97. The van der Waals surface area contributed by atoms with Gasteiger partial charge in [-0.15, -0.1) is 0 Å². The SMILES string of the molecule is Cc1oc(-n2cccc2)c(C#N)c1C(=O)N1CCCCCC1. The third-order valence-corrected chi connectivity index (χ3v) is 4.12. The minimum atomic E-state index is -0.0851. The fourth-order valence-electron chi connectivity index (χ4n) is 2.97. The minimum absolute atomic E-state index is 0.0851. The first-order valence-electron chi connectivity index (χ1n) is 7.68. The van der Waals surface area contributed by atoms with Gasteiger partial charge in [0.1, 0.15) is 23.0 Å². The summed E-state index contributed by atoms with van der Waals surface area (Å²) < 4.78 is 7.44. The summed E-state index contributed by atoms with van der Waals surface area (Å²) >= 11 is 0. The van der Waals surface area contributed by atoms with Crippen LogP contribution in [0.3, 0.4) is 0 Å². The van der Waals surface area contributed by atoms with E-state index in [4.69, 9.17) is 4.42 Å². The third kappa shape index (κ3) is 2.52. The number of likely N-dealkylation sites (tertiary alicyclic amines) is 1. The van der Waals surface area contributed by atoms with Gasteiger partial charge in [-0.05, 0) is 31.9 Å². The van der Waals surface area contributed by atoms with E-state index < -0.39 is 0 Å². The number of hydrogen-bond acceptors (Lipinski definition) is 3. The average Bonchev–Trinajstić information content (AvgIpc) is 3.06. The molecule has 0 aromatic carbocycles. The topological polar surface area (TPSA) is 62.2 Å². The number of aryl methyl sites for hydroxylation is 1. The predicted molar refractivity (Wildman–Crippen MR) is 81.9 cm³/mol. The van der Waals surface area contributed by atoms with Crippen LogP contribution in [0.15, 0.2) is 28.9 Å². The van der Waals surface area contributed by atoms with Crippen LogP contribution in [0.5, 0.6) is 0 Å². The van der Waals surface area contributed by atoms with Gasteiger partial charge in [0.15, 0.2) is 0 Å². The zero-order chi connectivity index (χ0) is 15.5. The summed E-state index contributed by atoms with van der Waals surface area (Å²) in [5, 5.41) is 9.52. The van der Waals surface area contributed by atoms with Crippen LogP contribution in [0.25, 0.3) is 5.88 Å². The molecule has 2 aromatic rings. The molecule has 0 aliphatic carbocycles. The normalized spacial score (nSPS) is 15.4. The van der Waals surface area contributed by atoms with Gasteiger partial charge in [0.05, 0.1) is 0 Å². The molecule has 5 heteroatoms. The van der Waals surface area contributed by atoms with Gasteiger partial charge in [0, 0.05) is 25.5 Å². The number of nitriles is 1. The van der Waals surface area contributed by atoms with Crippen LogP contribution < -0.4 is 0 Å². The van der Waals surface area contributed by atoms with Crippen molar-refractivity contribution in [2.75, 3.05) is 13.1 Å². The van der Waals surface area contributed by atoms with Crippen molar-refractivity contribution < 1.29 is 9.21 Å². The maximum atomic E-state index is 12.8. The average molecular weight is 297 g/mol. The lowest BCUT2D eigenvalue weighted by atomic mass is 10.1. The maximum absolute atomic E-state index is 12.8. The molecule has 5 nitrogen and oxygen atoms in total. The van der Waals surface area contributed by atoms with Crippen molar-refractivity contribution in [3.8, 4) is 12.0 Å². The zero-order valence-electron chi connectivity index (χ0n) is 12.7. The van der Waals surface area contributed by atoms with Gasteiger partial charge in [-0.1, -0.05) is 12.8 Å². The molecule has 0 N–H and O–H groups in total. The molecule has 1 saturated heterocycles. The van der Waals surface area contributed by atoms with E-state index in [-0.39, 0.29) is 5.91 Å². The highest BCUT2D eigenvalue weighted by molar-refractivity contribution is 5.98. The van der Waals surface area contributed by atoms with Gasteiger partial charge >= 0.3 is 0 Å². The molecule has 1 aliphatic rings. The molecule has 0 saturated carbocycles. The van der Waals surface area contributed by atoms with Crippen LogP contribution in [0, 0.1) is 18.3 Å². The van der Waals surface area contributed by atoms with E-state index >= 15 is 0 Å². The summed E-state index contributed by atoms with van der Waals surface area (Å²) in [6, 6.07) is 5.86. The zero-order valence-corrected chi connectivity index (χ0v) is 12.7. The van der Waals surface area contributed by atoms with Gasteiger partial charge in [0.2, 0.25) is 5.88 Å². The van der Waals surface area contributed by atoms with Crippen molar-refractivity contribution in [3.05, 3.63) is 41.4 Å². The second-order valence-electron chi connectivity index (χ2n) is 5.62. The summed E-state index contributed by atoms with van der Waals surface area (Å²) in [6.45, 7) is 3.26. The Morgan fingerprint density at radius 2 is 1.82 bits per heavy atom. The molecule has 0 unspecified atom stereocenters. The summed E-state index contributed by atoms with van der Waals surface area (Å²) in [5.41, 5.74) is 0.732. The predicted octanol–water partition coefficient (Wildman–Crippen LogP) is 3.27. The number of amides is 1. The van der Waals surface area contributed by atoms with Crippen LogP contribution in [-0.4, -0.2) is 28.5 Å². The van der Waals surface area contributed by atoms with Gasteiger partial charge < -0.3 is 9.32 Å². The Morgan fingerprint density at radius 1 is 1.18 bits per heavy atom. The standard InChI is InChI=1S/C17H19N3O2/c1-13-15(16(21)19-8-4-2-3-5-9-19)14(12-18)17(22-13)20-10-6-7-11-20/h6-7,10-11H,2-5,8-9H2,1H3. The van der Waals surface area contributed by atoms with Gasteiger partial charge in [-0.3, -0.25) is 9.36 Å². The molecule has 22 heavy (non-hydrogen) atoms. The van der Waals surface area contributed by atoms with E-state index in [1.807, 2.05) is 17.0 Å². The fraction of sp³-hybridized carbons (Fsp3) is 0.412. The Balaban J connectivity index is 2.00. The summed E-state index contributed by atoms with van der Waals surface area (Å²) in [5.74, 6) is 0.843. The van der Waals surface area contributed by atoms with E-state index in [1.165, 1.54) is 0 Å². The number of carbonyl (C=O) groups excluding carboxylic acids is 1. The van der Waals surface area contributed by atoms with Gasteiger partial charge in [0.25, 0.3) is 5.91 Å². The largest absolute Gasteiger partial charge is 0.443 e. The van der Waals surface area contributed by atoms with Crippen LogP contribution in [0.1, 0.15) is 47.4 Å². The number of carbonyl (C=O) groups is 1.